The van der Waals surface area contributed by atoms with E-state index in [9.17, 15) is 18.4 Å². The molecule has 0 bridgehead atoms. The van der Waals surface area contributed by atoms with Gasteiger partial charge in [-0.2, -0.15) is 0 Å². The normalized spacial score (nSPS) is 17.5. The van der Waals surface area contributed by atoms with Gasteiger partial charge in [-0.1, -0.05) is 25.0 Å². The van der Waals surface area contributed by atoms with Crippen LogP contribution in [0.25, 0.3) is 0 Å². The van der Waals surface area contributed by atoms with Gasteiger partial charge in [-0.05, 0) is 74.1 Å². The van der Waals surface area contributed by atoms with Gasteiger partial charge in [0, 0.05) is 37.2 Å². The van der Waals surface area contributed by atoms with E-state index in [0.29, 0.717) is 44.5 Å². The fraction of sp³-hybridized carbons (Fsp3) is 0.462. The second-order valence-corrected chi connectivity index (χ2v) is 8.92. The molecule has 0 atom stereocenters. The van der Waals surface area contributed by atoms with E-state index in [1.54, 1.807) is 17.0 Å². The van der Waals surface area contributed by atoms with Gasteiger partial charge in [0.05, 0.1) is 0 Å². The molecule has 2 fully saturated rings. The number of likely N-dealkylation sites (tertiary alicyclic amines) is 1. The van der Waals surface area contributed by atoms with E-state index in [0.717, 1.165) is 31.2 Å². The average Bonchev–Trinajstić information content (AvgIpc) is 3.35. The van der Waals surface area contributed by atoms with E-state index in [1.165, 1.54) is 36.4 Å². The van der Waals surface area contributed by atoms with Crippen molar-refractivity contribution < 1.29 is 18.4 Å². The minimum atomic E-state index is -0.363. The van der Waals surface area contributed by atoms with Gasteiger partial charge in [-0.25, -0.2) is 8.78 Å². The van der Waals surface area contributed by atoms with Crippen LogP contribution < -0.4 is 0 Å². The molecule has 0 N–H and O–H groups in total. The quantitative estimate of drug-likeness (QED) is 0.646. The first-order chi connectivity index (χ1) is 15.5. The lowest BCUT2D eigenvalue weighted by Gasteiger charge is -2.37. The number of carbonyl (C=O) groups is 2. The molecule has 0 aromatic heterocycles. The van der Waals surface area contributed by atoms with Gasteiger partial charge in [0.2, 0.25) is 5.91 Å². The zero-order valence-electron chi connectivity index (χ0n) is 18.3. The van der Waals surface area contributed by atoms with Gasteiger partial charge in [0.1, 0.15) is 11.6 Å². The summed E-state index contributed by atoms with van der Waals surface area (Å²) in [7, 11) is 0. The lowest BCUT2D eigenvalue weighted by molar-refractivity contribution is -0.139. The molecule has 32 heavy (non-hydrogen) atoms. The third kappa shape index (κ3) is 5.34. The Morgan fingerprint density at radius 1 is 0.844 bits per heavy atom. The molecule has 2 aliphatic rings. The van der Waals surface area contributed by atoms with Crippen LogP contribution in [0.2, 0.25) is 0 Å². The maximum Gasteiger partial charge on any atom is 0.253 e. The molecule has 1 aliphatic heterocycles. The van der Waals surface area contributed by atoms with E-state index >= 15 is 0 Å². The summed E-state index contributed by atoms with van der Waals surface area (Å²) in [4.78, 5) is 30.0. The highest BCUT2D eigenvalue weighted by molar-refractivity contribution is 5.94. The first-order valence-corrected chi connectivity index (χ1v) is 11.6. The van der Waals surface area contributed by atoms with Crippen LogP contribution in [-0.4, -0.2) is 47.3 Å². The number of carbonyl (C=O) groups excluding carboxylic acids is 2. The summed E-state index contributed by atoms with van der Waals surface area (Å²) < 4.78 is 26.3. The van der Waals surface area contributed by atoms with Crippen molar-refractivity contribution in [1.82, 2.24) is 9.80 Å². The maximum absolute atomic E-state index is 13.5. The van der Waals surface area contributed by atoms with Crippen molar-refractivity contribution in [3.8, 4) is 0 Å². The van der Waals surface area contributed by atoms with E-state index in [-0.39, 0.29) is 35.4 Å². The lowest BCUT2D eigenvalue weighted by atomic mass is 9.93. The second kappa shape index (κ2) is 10.2. The third-order valence-electron chi connectivity index (χ3n) is 6.83. The van der Waals surface area contributed by atoms with Crippen LogP contribution in [0.3, 0.4) is 0 Å². The molecule has 4 nitrogen and oxygen atoms in total. The van der Waals surface area contributed by atoms with Gasteiger partial charge in [0.25, 0.3) is 5.91 Å². The number of amides is 2. The SMILES string of the molecule is O=C(c1ccc(F)cc1)N1CCC(C(=O)N(CCc2ccc(F)cc2)C2CCCC2)CC1. The number of hydrogen-bond donors (Lipinski definition) is 0. The first kappa shape index (κ1) is 22.4. The van der Waals surface area contributed by atoms with E-state index < -0.39 is 0 Å². The molecule has 2 aromatic rings. The predicted molar refractivity (Wildman–Crippen MR) is 119 cm³/mol. The molecule has 1 heterocycles. The third-order valence-corrected chi connectivity index (χ3v) is 6.83. The standard InChI is InChI=1S/C26H30F2N2O2/c27-22-9-5-19(6-10-22)13-18-30(24-3-1-2-4-24)26(32)21-14-16-29(17-15-21)25(31)20-7-11-23(28)12-8-20/h5-12,21,24H,1-4,13-18H2. The Morgan fingerprint density at radius 2 is 1.41 bits per heavy atom. The Balaban J connectivity index is 1.36. The fourth-order valence-corrected chi connectivity index (χ4v) is 4.93. The minimum absolute atomic E-state index is 0.0823. The summed E-state index contributed by atoms with van der Waals surface area (Å²) in [5.41, 5.74) is 1.50. The van der Waals surface area contributed by atoms with Crippen molar-refractivity contribution in [3.05, 3.63) is 71.3 Å². The largest absolute Gasteiger partial charge is 0.339 e. The highest BCUT2D eigenvalue weighted by Crippen LogP contribution is 2.28. The lowest BCUT2D eigenvalue weighted by Crippen LogP contribution is -2.47. The van der Waals surface area contributed by atoms with Gasteiger partial charge < -0.3 is 9.80 Å². The molecule has 6 heteroatoms. The van der Waals surface area contributed by atoms with E-state index in [1.807, 2.05) is 0 Å². The smallest absolute Gasteiger partial charge is 0.253 e. The monoisotopic (exact) mass is 440 g/mol. The number of piperidine rings is 1. The average molecular weight is 441 g/mol. The van der Waals surface area contributed by atoms with Crippen molar-refractivity contribution in [3.63, 3.8) is 0 Å². The van der Waals surface area contributed by atoms with E-state index in [2.05, 4.69) is 4.90 Å². The summed E-state index contributed by atoms with van der Waals surface area (Å²) in [5.74, 6) is -0.619. The van der Waals surface area contributed by atoms with Gasteiger partial charge in [0.15, 0.2) is 0 Å². The van der Waals surface area contributed by atoms with E-state index in [4.69, 9.17) is 0 Å². The molecule has 2 aromatic carbocycles. The Labute approximate surface area is 188 Å². The summed E-state index contributed by atoms with van der Waals surface area (Å²) in [5, 5.41) is 0. The zero-order chi connectivity index (χ0) is 22.5. The number of rotatable bonds is 6. The molecule has 0 unspecified atom stereocenters. The molecule has 1 saturated carbocycles. The predicted octanol–water partition coefficient (Wildman–Crippen LogP) is 4.83. The Morgan fingerprint density at radius 3 is 2.00 bits per heavy atom. The molecular weight excluding hydrogens is 410 g/mol. The number of halogens is 2. The first-order valence-electron chi connectivity index (χ1n) is 11.6. The van der Waals surface area contributed by atoms with Crippen molar-refractivity contribution >= 4 is 11.8 Å². The van der Waals surface area contributed by atoms with Gasteiger partial charge in [-0.3, -0.25) is 9.59 Å². The minimum Gasteiger partial charge on any atom is -0.339 e. The Bertz CT molecular complexity index is 916. The Hall–Kier alpha value is -2.76. The van der Waals surface area contributed by atoms with Gasteiger partial charge >= 0.3 is 0 Å². The van der Waals surface area contributed by atoms with Crippen LogP contribution in [0.4, 0.5) is 8.78 Å². The summed E-state index contributed by atoms with van der Waals surface area (Å²) >= 11 is 0. The molecule has 170 valence electrons. The number of benzene rings is 2. The molecule has 2 amide bonds. The summed E-state index contributed by atoms with van der Waals surface area (Å²) in [6.07, 6.45) is 6.38. The van der Waals surface area contributed by atoms with Crippen LogP contribution in [0.1, 0.15) is 54.4 Å². The van der Waals surface area contributed by atoms with Crippen LogP contribution in [0, 0.1) is 17.6 Å². The highest BCUT2D eigenvalue weighted by Gasteiger charge is 2.34. The van der Waals surface area contributed by atoms with Crippen LogP contribution in [0.15, 0.2) is 48.5 Å². The van der Waals surface area contributed by atoms with Crippen LogP contribution in [-0.2, 0) is 11.2 Å². The van der Waals surface area contributed by atoms with Crippen LogP contribution in [0.5, 0.6) is 0 Å². The van der Waals surface area contributed by atoms with Crippen molar-refractivity contribution in [2.75, 3.05) is 19.6 Å². The van der Waals surface area contributed by atoms with Crippen molar-refractivity contribution in [1.29, 1.82) is 0 Å². The number of nitrogens with zero attached hydrogens (tertiary/aromatic N) is 2. The summed E-state index contributed by atoms with van der Waals surface area (Å²) in [6, 6.07) is 12.4. The maximum atomic E-state index is 13.5. The molecule has 1 saturated heterocycles. The molecule has 0 radical (unpaired) electrons. The second-order valence-electron chi connectivity index (χ2n) is 8.92. The topological polar surface area (TPSA) is 40.6 Å². The molecular formula is C26H30F2N2O2. The fourth-order valence-electron chi connectivity index (χ4n) is 4.93. The molecule has 4 rings (SSSR count). The molecule has 0 spiro atoms. The molecule has 1 aliphatic carbocycles. The Kier molecular flexibility index (Phi) is 7.18. The zero-order valence-corrected chi connectivity index (χ0v) is 18.3. The number of hydrogen-bond acceptors (Lipinski definition) is 2. The van der Waals surface area contributed by atoms with Crippen molar-refractivity contribution in [2.45, 2.75) is 51.0 Å². The van der Waals surface area contributed by atoms with Crippen LogP contribution >= 0.6 is 0 Å². The van der Waals surface area contributed by atoms with Gasteiger partial charge in [-0.15, -0.1) is 0 Å². The highest BCUT2D eigenvalue weighted by atomic mass is 19.1. The summed E-state index contributed by atoms with van der Waals surface area (Å²) in [6.45, 7) is 1.70. The van der Waals surface area contributed by atoms with Crippen molar-refractivity contribution in [2.24, 2.45) is 5.92 Å².